The Morgan fingerprint density at radius 3 is 1.71 bits per heavy atom. The summed E-state index contributed by atoms with van der Waals surface area (Å²) in [6, 6.07) is 1.32. The first kappa shape index (κ1) is 32.1. The van der Waals surface area contributed by atoms with Crippen LogP contribution in [0.25, 0.3) is 0 Å². The Labute approximate surface area is 227 Å². The van der Waals surface area contributed by atoms with Crippen LogP contribution in [0, 0.1) is 0 Å². The Hall–Kier alpha value is -1.85. The second-order valence-electron chi connectivity index (χ2n) is 11.0. The molecule has 4 aliphatic heterocycles. The Morgan fingerprint density at radius 2 is 1.20 bits per heavy atom. The number of hydrogen-bond acceptors (Lipinski definition) is 3. The van der Waals surface area contributed by atoms with Crippen molar-refractivity contribution in [2.45, 2.75) is 86.5 Å². The van der Waals surface area contributed by atoms with Crippen LogP contribution in [-0.4, -0.2) is 69.2 Å². The summed E-state index contributed by atoms with van der Waals surface area (Å²) in [5, 5.41) is -0.669. The number of aliphatic imine (C=N–C) groups is 1. The molecule has 1 aromatic carbocycles. The molecule has 1 unspecified atom stereocenters. The fraction of sp³-hybridized carbons (Fsp3) is 0.708. The van der Waals surface area contributed by atoms with Crippen LogP contribution in [0.5, 0.6) is 0 Å². The third-order valence-electron chi connectivity index (χ3n) is 8.40. The molecule has 1 aromatic rings. The molecule has 4 nitrogen and oxygen atoms in total. The minimum absolute atomic E-state index is 0.669. The molecule has 1 N–H and O–H groups in total. The first-order valence-corrected chi connectivity index (χ1v) is 15.7. The van der Waals surface area contributed by atoms with Crippen LogP contribution in [0.3, 0.4) is 0 Å². The van der Waals surface area contributed by atoms with Gasteiger partial charge in [-0.3, -0.25) is 4.90 Å². The summed E-state index contributed by atoms with van der Waals surface area (Å²) in [5.74, 6) is 1.48. The summed E-state index contributed by atoms with van der Waals surface area (Å²) in [6.45, 7) is 3.79. The fourth-order valence-corrected chi connectivity index (χ4v) is 12.9. The molecule has 0 aliphatic carbocycles. The molecule has 3 fully saturated rings. The standard InChI is InChI=1S/C15H11F12O2Si.C9H16N2/c16-12(17,18)10(13(19,20)21)6-7-30(28-10,9-4-2-1-3-5-9)8-11(29-30,14(22,23)24)15(25,26)27;1-2-5-9-10-6-4-8-11(9)7-3-1/h1-5H,6-8H2;1-8H2/q-1;/p+1. The number of quaternary nitrogens is 1. The second-order valence-corrected chi connectivity index (χ2v) is 15.7. The number of rotatable bonds is 1. The SMILES string of the molecule is C1CCC2=NCCC[NH+]2CC1.FC(F)(F)C1(C(F)(F)F)CC[Si-]2(c3ccccc3)(CC(C(F)(F)F)(C(F)(F)F)O2)O1. The summed E-state index contributed by atoms with van der Waals surface area (Å²) in [4.78, 5) is 6.28. The van der Waals surface area contributed by atoms with Crippen LogP contribution in [0.1, 0.15) is 38.5 Å². The first-order chi connectivity index (χ1) is 18.7. The van der Waals surface area contributed by atoms with E-state index >= 15 is 0 Å². The van der Waals surface area contributed by atoms with Crippen LogP contribution in [0.15, 0.2) is 35.3 Å². The van der Waals surface area contributed by atoms with E-state index in [9.17, 15) is 52.7 Å². The molecular weight excluding hydrogens is 604 g/mol. The van der Waals surface area contributed by atoms with E-state index in [2.05, 4.69) is 13.8 Å². The maximum atomic E-state index is 13.4. The van der Waals surface area contributed by atoms with E-state index in [1.165, 1.54) is 57.1 Å². The molecule has 41 heavy (non-hydrogen) atoms. The van der Waals surface area contributed by atoms with Gasteiger partial charge in [-0.1, -0.05) is 0 Å². The molecule has 234 valence electrons. The van der Waals surface area contributed by atoms with E-state index in [0.29, 0.717) is 0 Å². The molecule has 0 amide bonds. The molecule has 0 radical (unpaired) electrons. The van der Waals surface area contributed by atoms with Crippen molar-refractivity contribution in [3.63, 3.8) is 0 Å². The van der Waals surface area contributed by atoms with Crippen molar-refractivity contribution >= 4 is 18.9 Å². The van der Waals surface area contributed by atoms with Crippen LogP contribution in [0.4, 0.5) is 52.7 Å². The average molecular weight is 633 g/mol. The zero-order chi connectivity index (χ0) is 30.6. The first-order valence-electron chi connectivity index (χ1n) is 13.0. The van der Waals surface area contributed by atoms with E-state index in [4.69, 9.17) is 0 Å². The van der Waals surface area contributed by atoms with Crippen molar-refractivity contribution in [3.05, 3.63) is 30.3 Å². The summed E-state index contributed by atoms with van der Waals surface area (Å²) < 4.78 is 169. The molecule has 4 aliphatic rings. The van der Waals surface area contributed by atoms with E-state index < -0.39 is 67.4 Å². The van der Waals surface area contributed by atoms with Gasteiger partial charge in [0.05, 0.1) is 13.1 Å². The number of amidine groups is 1. The molecule has 17 heteroatoms. The topological polar surface area (TPSA) is 35.3 Å². The predicted octanol–water partition coefficient (Wildman–Crippen LogP) is 5.71. The summed E-state index contributed by atoms with van der Waals surface area (Å²) in [7, 11) is -6.23. The van der Waals surface area contributed by atoms with Gasteiger partial charge in [-0.05, 0) is 19.3 Å². The normalized spacial score (nSPS) is 28.0. The van der Waals surface area contributed by atoms with Gasteiger partial charge in [0.1, 0.15) is 0 Å². The number of nitrogens with zero attached hydrogens (tertiary/aromatic N) is 1. The number of alkyl halides is 12. The summed E-state index contributed by atoms with van der Waals surface area (Å²) in [6.07, 6.45) is -19.8. The van der Waals surface area contributed by atoms with Crippen LogP contribution >= 0.6 is 0 Å². The summed E-state index contributed by atoms with van der Waals surface area (Å²) >= 11 is 0. The quantitative estimate of drug-likeness (QED) is 0.318. The van der Waals surface area contributed by atoms with Gasteiger partial charge in [-0.15, -0.1) is 0 Å². The van der Waals surface area contributed by atoms with Gasteiger partial charge < -0.3 is 0 Å². The van der Waals surface area contributed by atoms with Crippen molar-refractivity contribution in [1.29, 1.82) is 0 Å². The van der Waals surface area contributed by atoms with Gasteiger partial charge in [0.25, 0.3) is 0 Å². The number of fused-ring (bicyclic) bond motifs is 1. The number of hydrogen-bond donors (Lipinski definition) is 1. The second kappa shape index (κ2) is 10.1. The fourth-order valence-electron chi connectivity index (χ4n) is 6.34. The maximum absolute atomic E-state index is 13.4. The zero-order valence-electron chi connectivity index (χ0n) is 21.5. The van der Waals surface area contributed by atoms with Gasteiger partial charge in [0.2, 0.25) is 0 Å². The van der Waals surface area contributed by atoms with Crippen molar-refractivity contribution < 1.29 is 66.4 Å². The Morgan fingerprint density at radius 1 is 0.683 bits per heavy atom. The van der Waals surface area contributed by atoms with Crippen molar-refractivity contribution in [2.75, 3.05) is 19.6 Å². The monoisotopic (exact) mass is 632 g/mol. The number of benzene rings is 1. The Balaban J connectivity index is 0.000000291. The summed E-state index contributed by atoms with van der Waals surface area (Å²) in [5.41, 5.74) is -9.89. The predicted molar refractivity (Wildman–Crippen MR) is 124 cm³/mol. The van der Waals surface area contributed by atoms with E-state index in [-0.39, 0.29) is 0 Å². The van der Waals surface area contributed by atoms with Crippen LogP contribution < -0.4 is 10.1 Å². The number of halogens is 12. The zero-order valence-corrected chi connectivity index (χ0v) is 22.5. The molecule has 4 heterocycles. The van der Waals surface area contributed by atoms with Crippen molar-refractivity contribution in [2.24, 2.45) is 4.99 Å². The van der Waals surface area contributed by atoms with E-state index in [1.807, 2.05) is 0 Å². The Kier molecular flexibility index (Phi) is 7.91. The molecule has 0 saturated carbocycles. The van der Waals surface area contributed by atoms with E-state index in [1.54, 1.807) is 4.90 Å². The molecule has 5 rings (SSSR count). The van der Waals surface area contributed by atoms with E-state index in [0.717, 1.165) is 30.8 Å². The third-order valence-corrected chi connectivity index (χ3v) is 14.1. The molecule has 0 bridgehead atoms. The average Bonchev–Trinajstić information content (AvgIpc) is 3.08. The molecule has 3 saturated heterocycles. The third kappa shape index (κ3) is 5.17. The van der Waals surface area contributed by atoms with Gasteiger partial charge >= 0.3 is 159 Å². The van der Waals surface area contributed by atoms with Crippen LogP contribution in [0.2, 0.25) is 12.1 Å². The molecular formula is C24H28F12N2O2Si. The van der Waals surface area contributed by atoms with Gasteiger partial charge in [0.15, 0.2) is 5.84 Å². The number of nitrogens with one attached hydrogen (secondary N) is 1. The molecule has 1 atom stereocenters. The molecule has 1 spiro atoms. The van der Waals surface area contributed by atoms with Crippen LogP contribution in [-0.2, 0) is 8.85 Å². The van der Waals surface area contributed by atoms with Crippen molar-refractivity contribution in [1.82, 2.24) is 0 Å². The van der Waals surface area contributed by atoms with Gasteiger partial charge in [-0.2, -0.15) is 0 Å². The minimum atomic E-state index is -6.23. The van der Waals surface area contributed by atoms with Gasteiger partial charge in [0, 0.05) is 19.4 Å². The van der Waals surface area contributed by atoms with Gasteiger partial charge in [-0.25, -0.2) is 4.99 Å². The Bertz CT molecular complexity index is 1090. The molecule has 0 aromatic heterocycles. The van der Waals surface area contributed by atoms with Crippen molar-refractivity contribution in [3.8, 4) is 0 Å².